The minimum absolute atomic E-state index is 0. The zero-order valence-electron chi connectivity index (χ0n) is 10.9. The van der Waals surface area contributed by atoms with E-state index in [1.54, 1.807) is 18.2 Å². The molecular weight excluding hydrogens is 293 g/mol. The number of thiophene rings is 1. The molecule has 0 nitrogen and oxygen atoms in total. The van der Waals surface area contributed by atoms with Gasteiger partial charge >= 0.3 is 5.51 Å². The standard InChI is InChI=1S/C14H16F3S.ClH/c1-3-6-11-9-12-10(4-2)7-5-8-13(12)18(11)14(15,16)17;/h5,7-9H,3-4,6H2,1-2H3;1H/q+1;. The second-order valence-electron chi connectivity index (χ2n) is 4.30. The van der Waals surface area contributed by atoms with Crippen molar-refractivity contribution in [3.8, 4) is 0 Å². The third kappa shape index (κ3) is 3.06. The van der Waals surface area contributed by atoms with Gasteiger partial charge in [0.2, 0.25) is 0 Å². The minimum atomic E-state index is -4.15. The van der Waals surface area contributed by atoms with Gasteiger partial charge in [0.15, 0.2) is 9.58 Å². The molecule has 1 atom stereocenters. The largest absolute Gasteiger partial charge is 0.600 e. The Hall–Kier alpha value is -0.740. The molecule has 0 aliphatic carbocycles. The second-order valence-corrected chi connectivity index (χ2v) is 6.33. The molecule has 0 spiro atoms. The SMILES string of the molecule is CCCc1cc2c(CC)cccc2[s+]1C(F)(F)F.Cl. The summed E-state index contributed by atoms with van der Waals surface area (Å²) in [6, 6.07) is 7.06. The van der Waals surface area contributed by atoms with Crippen LogP contribution in [0.3, 0.4) is 0 Å². The van der Waals surface area contributed by atoms with Gasteiger partial charge in [0.05, 0.1) is 10.5 Å². The van der Waals surface area contributed by atoms with Crippen LogP contribution in [0.5, 0.6) is 0 Å². The summed E-state index contributed by atoms with van der Waals surface area (Å²) in [6.07, 6.45) is 2.05. The summed E-state index contributed by atoms with van der Waals surface area (Å²) in [5.74, 6) is 0. The van der Waals surface area contributed by atoms with Crippen molar-refractivity contribution in [1.29, 1.82) is 0 Å². The maximum absolute atomic E-state index is 13.2. The van der Waals surface area contributed by atoms with Crippen molar-refractivity contribution in [2.75, 3.05) is 0 Å². The van der Waals surface area contributed by atoms with Crippen LogP contribution in [0.25, 0.3) is 10.1 Å². The highest BCUT2D eigenvalue weighted by Gasteiger charge is 2.47. The Balaban J connectivity index is 0.00000180. The van der Waals surface area contributed by atoms with Crippen molar-refractivity contribution < 1.29 is 13.2 Å². The van der Waals surface area contributed by atoms with Crippen molar-refractivity contribution in [3.63, 3.8) is 0 Å². The van der Waals surface area contributed by atoms with E-state index in [1.807, 2.05) is 19.9 Å². The van der Waals surface area contributed by atoms with Gasteiger partial charge in [-0.2, -0.15) is 0 Å². The highest BCUT2D eigenvalue weighted by atomic mass is 35.5. The topological polar surface area (TPSA) is 0 Å². The summed E-state index contributed by atoms with van der Waals surface area (Å²) < 4.78 is 40.1. The highest BCUT2D eigenvalue weighted by molar-refractivity contribution is 7.38. The van der Waals surface area contributed by atoms with E-state index < -0.39 is 16.0 Å². The fourth-order valence-electron chi connectivity index (χ4n) is 2.29. The van der Waals surface area contributed by atoms with E-state index in [2.05, 4.69) is 0 Å². The van der Waals surface area contributed by atoms with Crippen LogP contribution in [0.1, 0.15) is 30.7 Å². The molecule has 106 valence electrons. The predicted molar refractivity (Wildman–Crippen MR) is 78.3 cm³/mol. The van der Waals surface area contributed by atoms with Gasteiger partial charge in [-0.15, -0.1) is 25.6 Å². The molecule has 1 aromatic heterocycles. The van der Waals surface area contributed by atoms with Crippen LogP contribution in [0.4, 0.5) is 13.2 Å². The van der Waals surface area contributed by atoms with Gasteiger partial charge in [0.1, 0.15) is 0 Å². The first-order valence-corrected chi connectivity index (χ1v) is 7.35. The number of hydrogen-bond donors (Lipinski definition) is 0. The van der Waals surface area contributed by atoms with E-state index in [9.17, 15) is 13.2 Å². The number of fused-ring (bicyclic) bond motifs is 1. The molecule has 2 aromatic rings. The Morgan fingerprint density at radius 2 is 1.84 bits per heavy atom. The molecular formula is C14H17ClF3S+. The highest BCUT2D eigenvalue weighted by Crippen LogP contribution is 2.51. The van der Waals surface area contributed by atoms with E-state index in [0.29, 0.717) is 16.0 Å². The number of benzene rings is 1. The lowest BCUT2D eigenvalue weighted by atomic mass is 10.1. The molecule has 0 aliphatic heterocycles. The maximum Gasteiger partial charge on any atom is 0.600 e. The van der Waals surface area contributed by atoms with Gasteiger partial charge in [-0.1, -0.05) is 26.0 Å². The quantitative estimate of drug-likeness (QED) is 0.610. The molecule has 0 aliphatic rings. The first-order chi connectivity index (χ1) is 8.49. The Labute approximate surface area is 120 Å². The van der Waals surface area contributed by atoms with Crippen LogP contribution < -0.4 is 0 Å². The van der Waals surface area contributed by atoms with Crippen molar-refractivity contribution in [1.82, 2.24) is 0 Å². The summed E-state index contributed by atoms with van der Waals surface area (Å²) in [7, 11) is -1.71. The molecule has 0 saturated carbocycles. The number of alkyl halides is 3. The van der Waals surface area contributed by atoms with Crippen molar-refractivity contribution in [2.24, 2.45) is 0 Å². The van der Waals surface area contributed by atoms with Crippen LogP contribution in [0, 0.1) is 0 Å². The van der Waals surface area contributed by atoms with E-state index in [1.165, 1.54) is 0 Å². The normalized spacial score (nSPS) is 12.6. The molecule has 0 N–H and O–H groups in total. The van der Waals surface area contributed by atoms with Gasteiger partial charge in [0, 0.05) is 17.9 Å². The Morgan fingerprint density at radius 1 is 1.16 bits per heavy atom. The molecule has 1 unspecified atom stereocenters. The molecule has 0 amide bonds. The number of rotatable bonds is 3. The Morgan fingerprint density at radius 3 is 2.37 bits per heavy atom. The summed E-state index contributed by atoms with van der Waals surface area (Å²) >= 11 is 0. The number of hydrogen-bond acceptors (Lipinski definition) is 0. The monoisotopic (exact) mass is 309 g/mol. The number of aryl methyl sites for hydroxylation is 2. The van der Waals surface area contributed by atoms with Gasteiger partial charge < -0.3 is 0 Å². The first-order valence-electron chi connectivity index (χ1n) is 6.12. The van der Waals surface area contributed by atoms with E-state index in [0.717, 1.165) is 23.8 Å². The van der Waals surface area contributed by atoms with Crippen LogP contribution in [0.2, 0.25) is 0 Å². The second kappa shape index (κ2) is 6.14. The maximum atomic E-state index is 13.2. The summed E-state index contributed by atoms with van der Waals surface area (Å²) in [6.45, 7) is 3.90. The fourth-order valence-corrected chi connectivity index (χ4v) is 4.39. The average molecular weight is 310 g/mol. The Bertz CT molecular complexity index is 558. The third-order valence-corrected chi connectivity index (χ3v) is 5.16. The molecule has 0 fully saturated rings. The van der Waals surface area contributed by atoms with Crippen molar-refractivity contribution in [3.05, 3.63) is 34.7 Å². The lowest BCUT2D eigenvalue weighted by Crippen LogP contribution is -1.98. The summed E-state index contributed by atoms with van der Waals surface area (Å²) in [5.41, 5.74) is -3.14. The van der Waals surface area contributed by atoms with E-state index >= 15 is 0 Å². The molecule has 1 heterocycles. The molecule has 19 heavy (non-hydrogen) atoms. The lowest BCUT2D eigenvalue weighted by Gasteiger charge is -1.99. The summed E-state index contributed by atoms with van der Waals surface area (Å²) in [4.78, 5) is 0.543. The van der Waals surface area contributed by atoms with Crippen LogP contribution in [0.15, 0.2) is 24.3 Å². The van der Waals surface area contributed by atoms with Crippen molar-refractivity contribution in [2.45, 2.75) is 38.6 Å². The van der Waals surface area contributed by atoms with Crippen molar-refractivity contribution >= 4 is 33.0 Å². The van der Waals surface area contributed by atoms with Crippen LogP contribution in [-0.4, -0.2) is 0 Å². The third-order valence-electron chi connectivity index (χ3n) is 3.05. The molecule has 2 rings (SSSR count). The zero-order chi connectivity index (χ0) is 13.3. The van der Waals surface area contributed by atoms with Crippen LogP contribution >= 0.6 is 22.9 Å². The lowest BCUT2D eigenvalue weighted by molar-refractivity contribution is -0.0867. The predicted octanol–water partition coefficient (Wildman–Crippen LogP) is 6.00. The van der Waals surface area contributed by atoms with Crippen LogP contribution in [-0.2, 0) is 18.3 Å². The molecule has 0 saturated heterocycles. The van der Waals surface area contributed by atoms with E-state index in [-0.39, 0.29) is 12.4 Å². The molecule has 0 radical (unpaired) electrons. The first kappa shape index (κ1) is 16.3. The van der Waals surface area contributed by atoms with E-state index in [4.69, 9.17) is 0 Å². The van der Waals surface area contributed by atoms with Gasteiger partial charge in [-0.05, 0) is 24.5 Å². The molecule has 5 heteroatoms. The smallest absolute Gasteiger partial charge is 0.147 e. The fraction of sp³-hybridized carbons (Fsp3) is 0.429. The van der Waals surface area contributed by atoms with Gasteiger partial charge in [-0.3, -0.25) is 0 Å². The van der Waals surface area contributed by atoms with Gasteiger partial charge in [0.25, 0.3) is 0 Å². The zero-order valence-corrected chi connectivity index (χ0v) is 12.5. The summed E-state index contributed by atoms with van der Waals surface area (Å²) in [5, 5.41) is 0.809. The number of halogens is 4. The molecule has 0 bridgehead atoms. The molecule has 1 aromatic carbocycles. The van der Waals surface area contributed by atoms with Gasteiger partial charge in [-0.25, -0.2) is 0 Å². The minimum Gasteiger partial charge on any atom is -0.147 e. The Kier molecular flexibility index (Phi) is 5.27. The average Bonchev–Trinajstić information content (AvgIpc) is 2.66.